The van der Waals surface area contributed by atoms with Crippen LogP contribution >= 0.6 is 0 Å². The first kappa shape index (κ1) is 13.1. The Hall–Kier alpha value is -0.352. The van der Waals surface area contributed by atoms with Crippen molar-refractivity contribution in [2.75, 3.05) is 0 Å². The van der Waals surface area contributed by atoms with Gasteiger partial charge in [0.25, 0.3) is 0 Å². The molecule has 17 heavy (non-hydrogen) atoms. The number of allylic oxidation sites excluding steroid dienone is 8. The topological polar surface area (TPSA) is 0 Å². The Kier molecular flexibility index (Phi) is 4.26. The Bertz CT molecular complexity index is 377. The molecule has 2 aliphatic carbocycles. The number of hydrogen-bond acceptors (Lipinski definition) is 0. The van der Waals surface area contributed by atoms with Gasteiger partial charge < -0.3 is 0 Å². The monoisotopic (exact) mass is 400 g/mol. The van der Waals surface area contributed by atoms with E-state index >= 15 is 0 Å². The van der Waals surface area contributed by atoms with E-state index in [4.69, 9.17) is 0 Å². The summed E-state index contributed by atoms with van der Waals surface area (Å²) in [5.74, 6) is 1.43. The van der Waals surface area contributed by atoms with Gasteiger partial charge in [-0.15, -0.1) is 0 Å². The van der Waals surface area contributed by atoms with Crippen molar-refractivity contribution in [3.8, 4) is 0 Å². The van der Waals surface area contributed by atoms with E-state index < -0.39 is 18.6 Å². The standard InChI is InChI=1S/2C8H11.W.2H/c2*1-7(2)8-5-3-4-6-8;;;/h2*3,5,7H,4H2,1-2H3;;;. The van der Waals surface area contributed by atoms with Gasteiger partial charge in [-0.05, 0) is 0 Å². The Morgan fingerprint density at radius 3 is 1.59 bits per heavy atom. The Morgan fingerprint density at radius 2 is 1.24 bits per heavy atom. The van der Waals surface area contributed by atoms with Crippen LogP contribution in [0.15, 0.2) is 43.4 Å². The maximum atomic E-state index is 2.38. The van der Waals surface area contributed by atoms with E-state index in [1.54, 1.807) is 11.1 Å². The van der Waals surface area contributed by atoms with Crippen molar-refractivity contribution >= 4 is 0 Å². The summed E-state index contributed by atoms with van der Waals surface area (Å²) in [6, 6.07) is 0. The molecular formula is C16H24W. The van der Waals surface area contributed by atoms with Crippen LogP contribution in [-0.2, 0) is 18.6 Å². The van der Waals surface area contributed by atoms with Crippen LogP contribution in [0.3, 0.4) is 0 Å². The Morgan fingerprint density at radius 1 is 0.824 bits per heavy atom. The summed E-state index contributed by atoms with van der Waals surface area (Å²) in [7, 11) is 0. The minimum absolute atomic E-state index is 0.716. The fraction of sp³-hybridized carbons (Fsp3) is 0.500. The molecule has 0 bridgehead atoms. The first-order valence-electron chi connectivity index (χ1n) is 6.65. The molecule has 0 saturated heterocycles. The fourth-order valence-corrected chi connectivity index (χ4v) is 9.15. The zero-order valence-corrected chi connectivity index (χ0v) is 15.0. The zero-order chi connectivity index (χ0) is 12.4. The van der Waals surface area contributed by atoms with Gasteiger partial charge >= 0.3 is 114 Å². The first-order chi connectivity index (χ1) is 8.09. The van der Waals surface area contributed by atoms with E-state index in [9.17, 15) is 0 Å². The first-order valence-corrected chi connectivity index (χ1v) is 10.2. The van der Waals surface area contributed by atoms with E-state index in [2.05, 4.69) is 52.0 Å². The minimum atomic E-state index is -0.733. The van der Waals surface area contributed by atoms with Gasteiger partial charge in [0.15, 0.2) is 0 Å². The van der Waals surface area contributed by atoms with Gasteiger partial charge in [0, 0.05) is 0 Å². The van der Waals surface area contributed by atoms with Crippen molar-refractivity contribution in [3.05, 3.63) is 43.4 Å². The zero-order valence-electron chi connectivity index (χ0n) is 11.4. The molecule has 2 aliphatic rings. The molecule has 0 heterocycles. The van der Waals surface area contributed by atoms with Gasteiger partial charge in [-0.1, -0.05) is 0 Å². The van der Waals surface area contributed by atoms with Gasteiger partial charge in [-0.2, -0.15) is 0 Å². The molecule has 94 valence electrons. The van der Waals surface area contributed by atoms with Gasteiger partial charge in [0.2, 0.25) is 0 Å². The molecule has 2 rings (SSSR count). The van der Waals surface area contributed by atoms with Crippen LogP contribution in [0.4, 0.5) is 0 Å². The van der Waals surface area contributed by atoms with Gasteiger partial charge in [-0.25, -0.2) is 0 Å². The molecule has 0 spiro atoms. The number of rotatable bonds is 4. The molecule has 1 heteroatoms. The second-order valence-electron chi connectivity index (χ2n) is 5.52. The van der Waals surface area contributed by atoms with Crippen molar-refractivity contribution in [3.63, 3.8) is 0 Å². The van der Waals surface area contributed by atoms with Crippen LogP contribution in [0.5, 0.6) is 0 Å². The summed E-state index contributed by atoms with van der Waals surface area (Å²) in [4.78, 5) is 0. The van der Waals surface area contributed by atoms with Crippen molar-refractivity contribution in [1.82, 2.24) is 0 Å². The van der Waals surface area contributed by atoms with Crippen molar-refractivity contribution < 1.29 is 18.6 Å². The molecule has 0 aromatic carbocycles. The van der Waals surface area contributed by atoms with E-state index in [-0.39, 0.29) is 0 Å². The van der Waals surface area contributed by atoms with Gasteiger partial charge in [-0.3, -0.25) is 0 Å². The van der Waals surface area contributed by atoms with Crippen LogP contribution in [0, 0.1) is 11.8 Å². The molecule has 0 aliphatic heterocycles. The SMILES string of the molecule is CC(C)C1=[C]([WH2][C]2=C(C(C)C)C=CC2)CC=C1. The molecular weight excluding hydrogens is 376 g/mol. The molecule has 0 unspecified atom stereocenters. The molecule has 0 fully saturated rings. The maximum absolute atomic E-state index is 2.38. The Labute approximate surface area is 114 Å². The molecule has 0 radical (unpaired) electrons. The molecule has 0 N–H and O–H groups in total. The number of hydrogen-bond donors (Lipinski definition) is 0. The van der Waals surface area contributed by atoms with Crippen LogP contribution in [0.25, 0.3) is 0 Å². The average molecular weight is 400 g/mol. The molecule has 0 saturated carbocycles. The summed E-state index contributed by atoms with van der Waals surface area (Å²) in [5.41, 5.74) is 3.33. The summed E-state index contributed by atoms with van der Waals surface area (Å²) >= 11 is -0.733. The quantitative estimate of drug-likeness (QED) is 0.661. The summed E-state index contributed by atoms with van der Waals surface area (Å²) in [6.45, 7) is 9.33. The van der Waals surface area contributed by atoms with E-state index in [1.165, 1.54) is 12.8 Å². The van der Waals surface area contributed by atoms with Crippen LogP contribution < -0.4 is 0 Å². The van der Waals surface area contributed by atoms with E-state index in [0.29, 0.717) is 11.8 Å². The third-order valence-electron chi connectivity index (χ3n) is 3.48. The predicted octanol–water partition coefficient (Wildman–Crippen LogP) is 4.27. The molecule has 0 aromatic rings. The fourth-order valence-electron chi connectivity index (χ4n) is 2.55. The van der Waals surface area contributed by atoms with Crippen molar-refractivity contribution in [2.45, 2.75) is 40.5 Å². The van der Waals surface area contributed by atoms with Gasteiger partial charge in [0.05, 0.1) is 0 Å². The summed E-state index contributed by atoms with van der Waals surface area (Å²) in [6.07, 6.45) is 12.0. The normalized spacial score (nSPS) is 19.9. The summed E-state index contributed by atoms with van der Waals surface area (Å²) in [5, 5.41) is 0. The predicted molar refractivity (Wildman–Crippen MR) is 74.0 cm³/mol. The van der Waals surface area contributed by atoms with Crippen LogP contribution in [0.2, 0.25) is 0 Å². The van der Waals surface area contributed by atoms with Crippen LogP contribution in [-0.4, -0.2) is 0 Å². The van der Waals surface area contributed by atoms with Crippen LogP contribution in [0.1, 0.15) is 40.5 Å². The van der Waals surface area contributed by atoms with Gasteiger partial charge in [0.1, 0.15) is 0 Å². The molecule has 0 amide bonds. The molecule has 0 atom stereocenters. The molecule has 0 nitrogen and oxygen atoms in total. The second-order valence-corrected chi connectivity index (χ2v) is 10.8. The third-order valence-corrected chi connectivity index (χ3v) is 9.19. The van der Waals surface area contributed by atoms with E-state index in [1.807, 2.05) is 7.93 Å². The van der Waals surface area contributed by atoms with Crippen molar-refractivity contribution in [1.29, 1.82) is 0 Å². The molecule has 0 aromatic heterocycles. The average Bonchev–Trinajstić information content (AvgIpc) is 2.86. The Balaban J connectivity index is 2.18. The third kappa shape index (κ3) is 2.91. The summed E-state index contributed by atoms with van der Waals surface area (Å²) < 4.78 is 3.69. The van der Waals surface area contributed by atoms with Crippen molar-refractivity contribution in [2.24, 2.45) is 11.8 Å². The van der Waals surface area contributed by atoms with E-state index in [0.717, 1.165) is 0 Å². The second kappa shape index (κ2) is 5.53.